The van der Waals surface area contributed by atoms with Crippen LogP contribution < -0.4 is 5.32 Å². The molecule has 0 radical (unpaired) electrons. The Balaban J connectivity index is 2.16. The highest BCUT2D eigenvalue weighted by atomic mass is 32.1. The fourth-order valence-corrected chi connectivity index (χ4v) is 2.31. The number of aryl methyl sites for hydroxylation is 2. The molecule has 0 atom stereocenters. The molecular formula is C11H12N4O3S. The highest BCUT2D eigenvalue weighted by Gasteiger charge is 2.17. The second-order valence-electron chi connectivity index (χ2n) is 3.76. The fraction of sp³-hybridized carbons (Fsp3) is 0.273. The van der Waals surface area contributed by atoms with Crippen molar-refractivity contribution in [2.45, 2.75) is 13.8 Å². The Labute approximate surface area is 113 Å². The summed E-state index contributed by atoms with van der Waals surface area (Å²) in [6.07, 6.45) is 1.44. The highest BCUT2D eigenvalue weighted by Crippen LogP contribution is 2.23. The lowest BCUT2D eigenvalue weighted by Crippen LogP contribution is -2.12. The van der Waals surface area contributed by atoms with Crippen LogP contribution in [0.1, 0.15) is 31.7 Å². The minimum Gasteiger partial charge on any atom is -0.465 e. The largest absolute Gasteiger partial charge is 0.465 e. The molecule has 2 N–H and O–H groups in total. The summed E-state index contributed by atoms with van der Waals surface area (Å²) in [4.78, 5) is 34.5. The van der Waals surface area contributed by atoms with Crippen LogP contribution in [0.3, 0.4) is 0 Å². The van der Waals surface area contributed by atoms with E-state index < -0.39 is 5.97 Å². The number of carbonyl (C=O) groups is 2. The number of carbonyl (C=O) groups excluding carboxylic acids is 2. The van der Waals surface area contributed by atoms with E-state index in [1.807, 2.05) is 0 Å². The van der Waals surface area contributed by atoms with Gasteiger partial charge in [0.2, 0.25) is 0 Å². The van der Waals surface area contributed by atoms with Crippen LogP contribution in [0.4, 0.5) is 5.13 Å². The molecule has 100 valence electrons. The number of hydrogen-bond donors (Lipinski definition) is 2. The van der Waals surface area contributed by atoms with Gasteiger partial charge in [0.15, 0.2) is 5.13 Å². The number of aromatic amines is 1. The van der Waals surface area contributed by atoms with Crippen molar-refractivity contribution in [2.24, 2.45) is 0 Å². The molecule has 2 rings (SSSR count). The summed E-state index contributed by atoms with van der Waals surface area (Å²) >= 11 is 1.07. The summed E-state index contributed by atoms with van der Waals surface area (Å²) in [6, 6.07) is 0. The molecule has 2 heterocycles. The van der Waals surface area contributed by atoms with Crippen LogP contribution >= 0.6 is 11.3 Å². The second-order valence-corrected chi connectivity index (χ2v) is 4.76. The molecule has 0 aliphatic carbocycles. The molecule has 0 unspecified atom stereocenters. The van der Waals surface area contributed by atoms with E-state index in [0.717, 1.165) is 11.3 Å². The molecule has 0 aliphatic heterocycles. The van der Waals surface area contributed by atoms with Gasteiger partial charge in [-0.15, -0.1) is 0 Å². The third kappa shape index (κ3) is 2.79. The van der Waals surface area contributed by atoms with Crippen LogP contribution in [0.5, 0.6) is 0 Å². The molecule has 0 bridgehead atoms. The third-order valence-electron chi connectivity index (χ3n) is 2.34. The van der Waals surface area contributed by atoms with Gasteiger partial charge < -0.3 is 9.72 Å². The SMILES string of the molecule is COC(=O)c1sc(NC(=O)c2cnc(C)[nH]2)nc1C. The van der Waals surface area contributed by atoms with Crippen molar-refractivity contribution in [3.63, 3.8) is 0 Å². The Morgan fingerprint density at radius 2 is 2.16 bits per heavy atom. The summed E-state index contributed by atoms with van der Waals surface area (Å²) in [5.41, 5.74) is 0.859. The minimum absolute atomic E-state index is 0.338. The Kier molecular flexibility index (Phi) is 3.61. The van der Waals surface area contributed by atoms with Crippen molar-refractivity contribution in [1.82, 2.24) is 15.0 Å². The third-order valence-corrected chi connectivity index (χ3v) is 3.39. The number of H-pyrrole nitrogens is 1. The molecule has 1 amide bonds. The van der Waals surface area contributed by atoms with Crippen molar-refractivity contribution < 1.29 is 14.3 Å². The molecule has 0 aliphatic rings. The first-order valence-corrected chi connectivity index (χ1v) is 6.21. The van der Waals surface area contributed by atoms with Crippen LogP contribution in [-0.2, 0) is 4.74 Å². The minimum atomic E-state index is -0.465. The molecule has 0 saturated heterocycles. The topological polar surface area (TPSA) is 97.0 Å². The van der Waals surface area contributed by atoms with Crippen LogP contribution in [-0.4, -0.2) is 33.9 Å². The first-order chi connectivity index (χ1) is 9.01. The predicted molar refractivity (Wildman–Crippen MR) is 69.5 cm³/mol. The van der Waals surface area contributed by atoms with E-state index in [1.54, 1.807) is 13.8 Å². The van der Waals surface area contributed by atoms with E-state index >= 15 is 0 Å². The average molecular weight is 280 g/mol. The van der Waals surface area contributed by atoms with E-state index in [2.05, 4.69) is 25.0 Å². The maximum Gasteiger partial charge on any atom is 0.350 e. The van der Waals surface area contributed by atoms with Crippen LogP contribution in [0.2, 0.25) is 0 Å². The van der Waals surface area contributed by atoms with Gasteiger partial charge in [-0.2, -0.15) is 0 Å². The van der Waals surface area contributed by atoms with Gasteiger partial charge in [0.05, 0.1) is 19.0 Å². The number of nitrogens with one attached hydrogen (secondary N) is 2. The number of nitrogens with zero attached hydrogens (tertiary/aromatic N) is 2. The first-order valence-electron chi connectivity index (χ1n) is 5.40. The zero-order valence-electron chi connectivity index (χ0n) is 10.6. The monoisotopic (exact) mass is 280 g/mol. The number of hydrogen-bond acceptors (Lipinski definition) is 6. The predicted octanol–water partition coefficient (Wildman–Crippen LogP) is 1.52. The smallest absolute Gasteiger partial charge is 0.350 e. The number of ether oxygens (including phenoxy) is 1. The number of imidazole rings is 1. The highest BCUT2D eigenvalue weighted by molar-refractivity contribution is 7.17. The number of rotatable bonds is 3. The van der Waals surface area contributed by atoms with Crippen LogP contribution in [0, 0.1) is 13.8 Å². The Morgan fingerprint density at radius 3 is 2.74 bits per heavy atom. The van der Waals surface area contributed by atoms with Gasteiger partial charge in [0, 0.05) is 0 Å². The van der Waals surface area contributed by atoms with Gasteiger partial charge >= 0.3 is 5.97 Å². The van der Waals surface area contributed by atoms with Crippen molar-refractivity contribution in [3.8, 4) is 0 Å². The van der Waals surface area contributed by atoms with Gasteiger partial charge in [-0.3, -0.25) is 10.1 Å². The normalized spacial score (nSPS) is 10.3. The van der Waals surface area contributed by atoms with E-state index in [1.165, 1.54) is 13.3 Å². The maximum absolute atomic E-state index is 11.9. The molecule has 0 spiro atoms. The molecule has 0 fully saturated rings. The maximum atomic E-state index is 11.9. The molecule has 8 heteroatoms. The Bertz CT molecular complexity index is 632. The average Bonchev–Trinajstić information content (AvgIpc) is 2.95. The van der Waals surface area contributed by atoms with Crippen molar-refractivity contribution in [1.29, 1.82) is 0 Å². The van der Waals surface area contributed by atoms with Crippen LogP contribution in [0.25, 0.3) is 0 Å². The second kappa shape index (κ2) is 5.19. The van der Waals surface area contributed by atoms with Crippen molar-refractivity contribution in [2.75, 3.05) is 12.4 Å². The standard InChI is InChI=1S/C11H12N4O3S/c1-5-8(10(17)18-3)19-11(13-5)15-9(16)7-4-12-6(2)14-7/h4H,1-3H3,(H,12,14)(H,13,15,16). The summed E-state index contributed by atoms with van der Waals surface area (Å²) in [5, 5.41) is 2.94. The first kappa shape index (κ1) is 13.2. The number of aromatic nitrogens is 3. The number of methoxy groups -OCH3 is 1. The Morgan fingerprint density at radius 1 is 1.42 bits per heavy atom. The summed E-state index contributed by atoms with van der Waals surface area (Å²) in [7, 11) is 1.30. The van der Waals surface area contributed by atoms with Gasteiger partial charge in [-0.25, -0.2) is 14.8 Å². The number of amides is 1. The molecule has 2 aromatic rings. The number of esters is 1. The number of thiazole rings is 1. The molecule has 0 aromatic carbocycles. The van der Waals surface area contributed by atoms with Crippen molar-refractivity contribution >= 4 is 28.3 Å². The van der Waals surface area contributed by atoms with Gasteiger partial charge in [-0.1, -0.05) is 11.3 Å². The molecule has 19 heavy (non-hydrogen) atoms. The van der Waals surface area contributed by atoms with E-state index in [-0.39, 0.29) is 5.91 Å². The zero-order valence-corrected chi connectivity index (χ0v) is 11.4. The molecular weight excluding hydrogens is 268 g/mol. The lowest BCUT2D eigenvalue weighted by molar-refractivity contribution is 0.0605. The van der Waals surface area contributed by atoms with Gasteiger partial charge in [0.25, 0.3) is 5.91 Å². The fourth-order valence-electron chi connectivity index (χ4n) is 1.43. The molecule has 7 nitrogen and oxygen atoms in total. The molecule has 0 saturated carbocycles. The Hall–Kier alpha value is -2.22. The van der Waals surface area contributed by atoms with Crippen molar-refractivity contribution in [3.05, 3.63) is 28.3 Å². The van der Waals surface area contributed by atoms with E-state index in [4.69, 9.17) is 0 Å². The summed E-state index contributed by atoms with van der Waals surface area (Å²) in [6.45, 7) is 3.43. The lowest BCUT2D eigenvalue weighted by Gasteiger charge is -1.97. The van der Waals surface area contributed by atoms with Gasteiger partial charge in [-0.05, 0) is 13.8 Å². The van der Waals surface area contributed by atoms with Gasteiger partial charge in [0.1, 0.15) is 16.4 Å². The number of anilines is 1. The van der Waals surface area contributed by atoms with E-state index in [0.29, 0.717) is 27.2 Å². The summed E-state index contributed by atoms with van der Waals surface area (Å²) < 4.78 is 4.63. The van der Waals surface area contributed by atoms with E-state index in [9.17, 15) is 9.59 Å². The lowest BCUT2D eigenvalue weighted by atomic mass is 10.4. The molecule has 2 aromatic heterocycles. The quantitative estimate of drug-likeness (QED) is 0.831. The zero-order chi connectivity index (χ0) is 14.0. The summed E-state index contributed by atoms with van der Waals surface area (Å²) in [5.74, 6) is -0.172. The van der Waals surface area contributed by atoms with Crippen LogP contribution in [0.15, 0.2) is 6.20 Å².